The summed E-state index contributed by atoms with van der Waals surface area (Å²) in [6.45, 7) is 3.15. The van der Waals surface area contributed by atoms with Crippen LogP contribution in [-0.2, 0) is 4.74 Å². The number of amides is 1. The molecule has 1 amide bonds. The molecule has 44 heavy (non-hydrogen) atoms. The average molecular weight is 595 g/mol. The van der Waals surface area contributed by atoms with Gasteiger partial charge in [0.15, 0.2) is 17.2 Å². The van der Waals surface area contributed by atoms with E-state index < -0.39 is 11.3 Å². The highest BCUT2D eigenvalue weighted by atomic mass is 16.5. The number of methoxy groups -OCH3 is 2. The number of pyridine rings is 1. The number of hydrogen-bond acceptors (Lipinski definition) is 10. The Labute approximate surface area is 252 Å². The van der Waals surface area contributed by atoms with Crippen LogP contribution < -0.4 is 25.0 Å². The topological polar surface area (TPSA) is 140 Å². The summed E-state index contributed by atoms with van der Waals surface area (Å²) in [7, 11) is 3.10. The van der Waals surface area contributed by atoms with Gasteiger partial charge in [0, 0.05) is 42.6 Å². The fourth-order valence-corrected chi connectivity index (χ4v) is 4.99. The molecule has 0 atom stereocenters. The number of benzene rings is 2. The number of fused-ring (bicyclic) bond motifs is 1. The van der Waals surface area contributed by atoms with Crippen LogP contribution in [0.5, 0.6) is 23.3 Å². The zero-order chi connectivity index (χ0) is 30.6. The van der Waals surface area contributed by atoms with E-state index in [1.54, 1.807) is 49.5 Å². The number of ether oxygens (including phenoxy) is 4. The molecule has 1 aliphatic heterocycles. The SMILES string of the molecule is COc1cc2nccc(Oc3ncc(NC(=O)c4nn(C5CCOCC5)cc(-c5ccc(C)cc5)c4=O)cn3)c2cc1OC. The minimum absolute atomic E-state index is 0.00480. The second-order valence-electron chi connectivity index (χ2n) is 10.3. The molecule has 5 aromatic rings. The molecular formula is C32H30N6O6. The van der Waals surface area contributed by atoms with Crippen LogP contribution in [0.1, 0.15) is 34.9 Å². The normalized spacial score (nSPS) is 13.4. The van der Waals surface area contributed by atoms with Crippen LogP contribution in [0, 0.1) is 6.92 Å². The van der Waals surface area contributed by atoms with Crippen molar-refractivity contribution < 1.29 is 23.7 Å². The molecule has 0 saturated carbocycles. The summed E-state index contributed by atoms with van der Waals surface area (Å²) in [6.07, 6.45) is 7.58. The van der Waals surface area contributed by atoms with Crippen molar-refractivity contribution in [2.75, 3.05) is 32.8 Å². The van der Waals surface area contributed by atoms with Gasteiger partial charge in [0.05, 0.1) is 43.9 Å². The predicted molar refractivity (Wildman–Crippen MR) is 163 cm³/mol. The van der Waals surface area contributed by atoms with Crippen molar-refractivity contribution in [3.05, 3.63) is 88.7 Å². The second-order valence-corrected chi connectivity index (χ2v) is 10.3. The third-order valence-corrected chi connectivity index (χ3v) is 7.37. The molecule has 224 valence electrons. The van der Waals surface area contributed by atoms with Gasteiger partial charge in [-0.3, -0.25) is 19.3 Å². The molecule has 1 fully saturated rings. The lowest BCUT2D eigenvalue weighted by Gasteiger charge is -2.24. The Bertz CT molecular complexity index is 1870. The highest BCUT2D eigenvalue weighted by molar-refractivity contribution is 6.03. The van der Waals surface area contributed by atoms with E-state index in [-0.39, 0.29) is 23.4 Å². The summed E-state index contributed by atoms with van der Waals surface area (Å²) in [5.41, 5.74) is 2.39. The number of anilines is 1. The number of hydrogen-bond donors (Lipinski definition) is 1. The summed E-state index contributed by atoms with van der Waals surface area (Å²) in [6, 6.07) is 12.8. The van der Waals surface area contributed by atoms with Crippen molar-refractivity contribution in [2.24, 2.45) is 0 Å². The lowest BCUT2D eigenvalue weighted by Crippen LogP contribution is -2.30. The molecule has 12 nitrogen and oxygen atoms in total. The molecule has 3 aromatic heterocycles. The van der Waals surface area contributed by atoms with E-state index in [1.807, 2.05) is 31.2 Å². The molecule has 4 heterocycles. The first-order chi connectivity index (χ1) is 21.4. The first kappa shape index (κ1) is 28.7. The number of aromatic nitrogens is 5. The van der Waals surface area contributed by atoms with Crippen LogP contribution >= 0.6 is 0 Å². The predicted octanol–water partition coefficient (Wildman–Crippen LogP) is 4.97. The molecule has 6 rings (SSSR count). The average Bonchev–Trinajstić information content (AvgIpc) is 3.06. The van der Waals surface area contributed by atoms with Gasteiger partial charge in [-0.2, -0.15) is 5.10 Å². The van der Waals surface area contributed by atoms with Gasteiger partial charge in [-0.15, -0.1) is 0 Å². The zero-order valence-electron chi connectivity index (χ0n) is 24.4. The van der Waals surface area contributed by atoms with Gasteiger partial charge in [0.2, 0.25) is 5.43 Å². The van der Waals surface area contributed by atoms with Crippen molar-refractivity contribution in [1.29, 1.82) is 0 Å². The Morgan fingerprint density at radius 3 is 2.36 bits per heavy atom. The molecule has 0 aliphatic carbocycles. The number of rotatable bonds is 8. The Hall–Kier alpha value is -5.36. The quantitative estimate of drug-likeness (QED) is 0.262. The minimum Gasteiger partial charge on any atom is -0.493 e. The number of carbonyl (C=O) groups is 1. The monoisotopic (exact) mass is 594 g/mol. The van der Waals surface area contributed by atoms with Gasteiger partial charge in [-0.25, -0.2) is 9.97 Å². The third-order valence-electron chi connectivity index (χ3n) is 7.37. The Morgan fingerprint density at radius 2 is 1.66 bits per heavy atom. The third kappa shape index (κ3) is 5.92. The van der Waals surface area contributed by atoms with Crippen molar-refractivity contribution in [3.63, 3.8) is 0 Å². The van der Waals surface area contributed by atoms with Crippen LogP contribution in [0.25, 0.3) is 22.0 Å². The molecule has 1 aliphatic rings. The highest BCUT2D eigenvalue weighted by Crippen LogP contribution is 2.36. The van der Waals surface area contributed by atoms with Gasteiger partial charge in [0.1, 0.15) is 5.75 Å². The van der Waals surface area contributed by atoms with E-state index >= 15 is 0 Å². The molecule has 0 unspecified atom stereocenters. The molecule has 12 heteroatoms. The Balaban J connectivity index is 1.26. The van der Waals surface area contributed by atoms with E-state index in [0.29, 0.717) is 52.5 Å². The van der Waals surface area contributed by atoms with E-state index in [2.05, 4.69) is 25.4 Å². The van der Waals surface area contributed by atoms with Gasteiger partial charge >= 0.3 is 6.01 Å². The lowest BCUT2D eigenvalue weighted by molar-refractivity contribution is 0.0655. The number of carbonyl (C=O) groups excluding carboxylic acids is 1. The van der Waals surface area contributed by atoms with E-state index in [4.69, 9.17) is 18.9 Å². The first-order valence-corrected chi connectivity index (χ1v) is 14.0. The van der Waals surface area contributed by atoms with Gasteiger partial charge in [0.25, 0.3) is 5.91 Å². The summed E-state index contributed by atoms with van der Waals surface area (Å²) in [4.78, 5) is 39.8. The summed E-state index contributed by atoms with van der Waals surface area (Å²) in [5, 5.41) is 7.85. The lowest BCUT2D eigenvalue weighted by atomic mass is 10.0. The van der Waals surface area contributed by atoms with Crippen LogP contribution in [-0.4, -0.2) is 58.1 Å². The smallest absolute Gasteiger partial charge is 0.322 e. The molecule has 0 spiro atoms. The van der Waals surface area contributed by atoms with Crippen molar-refractivity contribution in [1.82, 2.24) is 24.7 Å². The molecule has 1 saturated heterocycles. The maximum Gasteiger partial charge on any atom is 0.322 e. The number of nitrogens with one attached hydrogen (secondary N) is 1. The van der Waals surface area contributed by atoms with E-state index in [0.717, 1.165) is 18.4 Å². The Morgan fingerprint density at radius 1 is 0.955 bits per heavy atom. The van der Waals surface area contributed by atoms with Crippen LogP contribution in [0.2, 0.25) is 0 Å². The van der Waals surface area contributed by atoms with E-state index in [1.165, 1.54) is 12.4 Å². The largest absolute Gasteiger partial charge is 0.493 e. The van der Waals surface area contributed by atoms with Gasteiger partial charge in [-0.1, -0.05) is 29.8 Å². The molecule has 0 bridgehead atoms. The molecule has 1 N–H and O–H groups in total. The van der Waals surface area contributed by atoms with Crippen molar-refractivity contribution >= 4 is 22.5 Å². The van der Waals surface area contributed by atoms with Crippen LogP contribution in [0.3, 0.4) is 0 Å². The van der Waals surface area contributed by atoms with Crippen molar-refractivity contribution in [3.8, 4) is 34.4 Å². The van der Waals surface area contributed by atoms with Gasteiger partial charge in [-0.05, 0) is 37.5 Å². The van der Waals surface area contributed by atoms with Gasteiger partial charge < -0.3 is 24.3 Å². The molecule has 0 radical (unpaired) electrons. The maximum atomic E-state index is 13.5. The van der Waals surface area contributed by atoms with Crippen LogP contribution in [0.4, 0.5) is 5.69 Å². The highest BCUT2D eigenvalue weighted by Gasteiger charge is 2.23. The maximum absolute atomic E-state index is 13.5. The van der Waals surface area contributed by atoms with Crippen molar-refractivity contribution in [2.45, 2.75) is 25.8 Å². The number of aryl methyl sites for hydroxylation is 1. The zero-order valence-corrected chi connectivity index (χ0v) is 24.4. The van der Waals surface area contributed by atoms with E-state index in [9.17, 15) is 9.59 Å². The second kappa shape index (κ2) is 12.5. The standard InChI is InChI=1S/C32H30N6O6/c1-19-4-6-20(7-5-19)24-18-38(22-9-12-43-13-10-22)37-29(30(24)39)31(40)36-21-16-34-32(35-17-21)44-26-8-11-33-25-15-28(42-3)27(41-2)14-23(25)26/h4-8,11,14-18,22H,9-10,12-13H2,1-3H3,(H,36,40). The fraction of sp³-hybridized carbons (Fsp3) is 0.250. The summed E-state index contributed by atoms with van der Waals surface area (Å²) >= 11 is 0. The number of nitrogens with zero attached hydrogens (tertiary/aromatic N) is 5. The Kier molecular flexibility index (Phi) is 8.15. The fourth-order valence-electron chi connectivity index (χ4n) is 4.99. The summed E-state index contributed by atoms with van der Waals surface area (Å²) < 4.78 is 23.9. The van der Waals surface area contributed by atoms with Crippen LogP contribution in [0.15, 0.2) is 72.0 Å². The summed E-state index contributed by atoms with van der Waals surface area (Å²) in [5.74, 6) is 0.855. The minimum atomic E-state index is -0.664. The first-order valence-electron chi connectivity index (χ1n) is 14.0. The molecule has 2 aromatic carbocycles. The molecular weight excluding hydrogens is 564 g/mol.